The number of nitrogens with two attached hydrogens (primary N) is 1. The lowest BCUT2D eigenvalue weighted by molar-refractivity contribution is -0.0498. The molecule has 0 spiro atoms. The molecule has 0 aromatic heterocycles. The maximum Gasteiger partial charge on any atom is 0.387 e. The molecule has 0 heterocycles. The Bertz CT molecular complexity index is 463. The van der Waals surface area contributed by atoms with Gasteiger partial charge in [-0.25, -0.2) is 0 Å². The van der Waals surface area contributed by atoms with Crippen LogP contribution in [0.4, 0.5) is 8.78 Å². The minimum atomic E-state index is -2.87. The van der Waals surface area contributed by atoms with Crippen LogP contribution in [0, 0.1) is 0 Å². The third-order valence-electron chi connectivity index (χ3n) is 3.67. The van der Waals surface area contributed by atoms with Crippen molar-refractivity contribution in [1.29, 1.82) is 0 Å². The van der Waals surface area contributed by atoms with Crippen LogP contribution >= 0.6 is 12.4 Å². The quantitative estimate of drug-likeness (QED) is 0.876. The number of rotatable bonds is 5. The second kappa shape index (κ2) is 7.56. The second-order valence-electron chi connectivity index (χ2n) is 5.05. The molecule has 1 fully saturated rings. The predicted molar refractivity (Wildman–Crippen MR) is 78.0 cm³/mol. The van der Waals surface area contributed by atoms with Crippen molar-refractivity contribution in [3.05, 3.63) is 29.8 Å². The topological polar surface area (TPSA) is 64.3 Å². The summed E-state index contributed by atoms with van der Waals surface area (Å²) in [5.74, 6) is -0.202. The Hall–Kier alpha value is -1.40. The Kier molecular flexibility index (Phi) is 6.36. The zero-order chi connectivity index (χ0) is 14.6. The maximum absolute atomic E-state index is 12.1. The molecule has 118 valence electrons. The number of nitrogens with one attached hydrogen (secondary N) is 1. The summed E-state index contributed by atoms with van der Waals surface area (Å²) in [6.07, 6.45) is 3.86. The molecule has 4 nitrogen and oxygen atoms in total. The van der Waals surface area contributed by atoms with E-state index in [-0.39, 0.29) is 29.6 Å². The molecule has 7 heteroatoms. The summed E-state index contributed by atoms with van der Waals surface area (Å²) in [6, 6.07) is 5.63. The Labute approximate surface area is 128 Å². The van der Waals surface area contributed by atoms with E-state index in [0.29, 0.717) is 12.1 Å². The van der Waals surface area contributed by atoms with E-state index in [1.807, 2.05) is 0 Å². The molecule has 0 bridgehead atoms. The first-order valence-electron chi connectivity index (χ1n) is 6.62. The zero-order valence-corrected chi connectivity index (χ0v) is 12.3. The van der Waals surface area contributed by atoms with E-state index in [2.05, 4.69) is 10.1 Å². The molecule has 0 atom stereocenters. The fourth-order valence-electron chi connectivity index (χ4n) is 2.53. The highest BCUT2D eigenvalue weighted by Crippen LogP contribution is 2.29. The van der Waals surface area contributed by atoms with Crippen LogP contribution in [0.2, 0.25) is 0 Å². The molecule has 1 amide bonds. The fraction of sp³-hybridized carbons (Fsp3) is 0.500. The van der Waals surface area contributed by atoms with Gasteiger partial charge in [-0.15, -0.1) is 12.4 Å². The number of hydrogen-bond acceptors (Lipinski definition) is 3. The van der Waals surface area contributed by atoms with Crippen LogP contribution in [-0.2, 0) is 0 Å². The minimum absolute atomic E-state index is 0. The second-order valence-corrected chi connectivity index (χ2v) is 5.05. The molecule has 0 unspecified atom stereocenters. The Morgan fingerprint density at radius 1 is 1.29 bits per heavy atom. The van der Waals surface area contributed by atoms with Crippen LogP contribution in [0.1, 0.15) is 36.0 Å². The summed E-state index contributed by atoms with van der Waals surface area (Å²) in [5.41, 5.74) is 5.84. The highest BCUT2D eigenvalue weighted by Gasteiger charge is 2.34. The lowest BCUT2D eigenvalue weighted by atomic mass is 9.97. The van der Waals surface area contributed by atoms with Crippen LogP contribution in [0.3, 0.4) is 0 Å². The van der Waals surface area contributed by atoms with Gasteiger partial charge < -0.3 is 15.8 Å². The number of halogens is 3. The van der Waals surface area contributed by atoms with Gasteiger partial charge in [0.1, 0.15) is 5.75 Å². The third-order valence-corrected chi connectivity index (χ3v) is 3.67. The molecular formula is C14H19ClF2N2O2. The Morgan fingerprint density at radius 2 is 1.86 bits per heavy atom. The molecule has 1 saturated carbocycles. The van der Waals surface area contributed by atoms with Crippen molar-refractivity contribution in [2.45, 2.75) is 37.8 Å². The summed E-state index contributed by atoms with van der Waals surface area (Å²) in [6.45, 7) is -2.46. The van der Waals surface area contributed by atoms with Crippen LogP contribution in [0.25, 0.3) is 0 Å². The zero-order valence-electron chi connectivity index (χ0n) is 11.5. The van der Waals surface area contributed by atoms with Crippen LogP contribution in [-0.4, -0.2) is 24.6 Å². The molecule has 21 heavy (non-hydrogen) atoms. The van der Waals surface area contributed by atoms with Crippen LogP contribution < -0.4 is 15.8 Å². The van der Waals surface area contributed by atoms with Gasteiger partial charge in [-0.3, -0.25) is 4.79 Å². The van der Waals surface area contributed by atoms with E-state index in [4.69, 9.17) is 5.73 Å². The highest BCUT2D eigenvalue weighted by molar-refractivity contribution is 5.94. The molecule has 1 aromatic carbocycles. The first-order chi connectivity index (χ1) is 9.54. The van der Waals surface area contributed by atoms with Gasteiger partial charge in [0.25, 0.3) is 5.91 Å². The lowest BCUT2D eigenvalue weighted by Crippen LogP contribution is -2.51. The smallest absolute Gasteiger partial charge is 0.387 e. The number of hydrogen-bond donors (Lipinski definition) is 2. The third kappa shape index (κ3) is 4.54. The number of carbonyl (C=O) groups is 1. The van der Waals surface area contributed by atoms with Crippen LogP contribution in [0.5, 0.6) is 5.75 Å². The van der Waals surface area contributed by atoms with E-state index in [1.54, 1.807) is 0 Å². The van der Waals surface area contributed by atoms with Gasteiger partial charge in [-0.2, -0.15) is 8.78 Å². The molecule has 1 aliphatic carbocycles. The average molecular weight is 321 g/mol. The van der Waals surface area contributed by atoms with E-state index in [9.17, 15) is 13.6 Å². The predicted octanol–water partition coefficient (Wildman–Crippen LogP) is 2.71. The molecule has 0 radical (unpaired) electrons. The summed E-state index contributed by atoms with van der Waals surface area (Å²) < 4.78 is 28.3. The van der Waals surface area contributed by atoms with Gasteiger partial charge >= 0.3 is 6.61 Å². The van der Waals surface area contributed by atoms with Crippen molar-refractivity contribution in [2.24, 2.45) is 5.73 Å². The molecule has 2 rings (SSSR count). The minimum Gasteiger partial charge on any atom is -0.435 e. The van der Waals surface area contributed by atoms with Gasteiger partial charge in [-0.05, 0) is 37.1 Å². The van der Waals surface area contributed by atoms with Crippen molar-refractivity contribution in [2.75, 3.05) is 6.54 Å². The average Bonchev–Trinajstić information content (AvgIpc) is 2.88. The Morgan fingerprint density at radius 3 is 2.33 bits per heavy atom. The monoisotopic (exact) mass is 320 g/mol. The molecule has 0 saturated heterocycles. The maximum atomic E-state index is 12.1. The van der Waals surface area contributed by atoms with Crippen molar-refractivity contribution in [1.82, 2.24) is 5.32 Å². The van der Waals surface area contributed by atoms with Gasteiger partial charge in [0.15, 0.2) is 0 Å². The Balaban J connectivity index is 0.00000220. The normalized spacial score (nSPS) is 16.4. The van der Waals surface area contributed by atoms with Gasteiger partial charge in [0, 0.05) is 12.1 Å². The fourth-order valence-corrected chi connectivity index (χ4v) is 2.53. The number of amides is 1. The molecular weight excluding hydrogens is 302 g/mol. The van der Waals surface area contributed by atoms with E-state index in [1.165, 1.54) is 24.3 Å². The van der Waals surface area contributed by atoms with E-state index in [0.717, 1.165) is 25.7 Å². The van der Waals surface area contributed by atoms with Crippen molar-refractivity contribution in [3.8, 4) is 5.75 Å². The number of benzene rings is 1. The number of alkyl halides is 2. The summed E-state index contributed by atoms with van der Waals surface area (Å²) >= 11 is 0. The highest BCUT2D eigenvalue weighted by atomic mass is 35.5. The van der Waals surface area contributed by atoms with Crippen molar-refractivity contribution < 1.29 is 18.3 Å². The summed E-state index contributed by atoms with van der Waals surface area (Å²) in [4.78, 5) is 12.1. The number of ether oxygens (including phenoxy) is 1. The van der Waals surface area contributed by atoms with E-state index >= 15 is 0 Å². The SMILES string of the molecule is Cl.NCC1(NC(=O)c2ccc(OC(F)F)cc2)CCCC1. The molecule has 3 N–H and O–H groups in total. The summed E-state index contributed by atoms with van der Waals surface area (Å²) in [7, 11) is 0. The first kappa shape index (κ1) is 17.7. The van der Waals surface area contributed by atoms with Crippen molar-refractivity contribution >= 4 is 18.3 Å². The molecule has 1 aromatic rings. The van der Waals surface area contributed by atoms with Crippen molar-refractivity contribution in [3.63, 3.8) is 0 Å². The lowest BCUT2D eigenvalue weighted by Gasteiger charge is -2.28. The van der Waals surface area contributed by atoms with Gasteiger partial charge in [0.05, 0.1) is 5.54 Å². The van der Waals surface area contributed by atoms with Crippen LogP contribution in [0.15, 0.2) is 24.3 Å². The van der Waals surface area contributed by atoms with E-state index < -0.39 is 6.61 Å². The first-order valence-corrected chi connectivity index (χ1v) is 6.62. The van der Waals surface area contributed by atoms with Gasteiger partial charge in [-0.1, -0.05) is 12.8 Å². The molecule has 0 aliphatic heterocycles. The standard InChI is InChI=1S/C14H18F2N2O2.ClH/c15-13(16)20-11-5-3-10(4-6-11)12(19)18-14(9-17)7-1-2-8-14;/h3-6,13H,1-2,7-9,17H2,(H,18,19);1H. The summed E-state index contributed by atoms with van der Waals surface area (Å²) in [5, 5.41) is 2.97. The van der Waals surface area contributed by atoms with Gasteiger partial charge in [0.2, 0.25) is 0 Å². The molecule has 1 aliphatic rings. The largest absolute Gasteiger partial charge is 0.435 e. The number of carbonyl (C=O) groups excluding carboxylic acids is 1.